The van der Waals surface area contributed by atoms with Gasteiger partial charge in [-0.15, -0.1) is 22.7 Å². The average molecular weight is 388 g/mol. The molecule has 0 radical (unpaired) electrons. The number of nitrogens with zero attached hydrogens (tertiary/aromatic N) is 2. The first kappa shape index (κ1) is 17.4. The second-order valence-electron chi connectivity index (χ2n) is 7.01. The van der Waals surface area contributed by atoms with Crippen LogP contribution in [0.5, 0.6) is 0 Å². The Morgan fingerprint density at radius 1 is 1.50 bits per heavy atom. The first-order chi connectivity index (χ1) is 12.5. The van der Waals surface area contributed by atoms with E-state index in [0.29, 0.717) is 5.92 Å². The van der Waals surface area contributed by atoms with Gasteiger partial charge in [-0.2, -0.15) is 0 Å². The van der Waals surface area contributed by atoms with E-state index in [0.717, 1.165) is 39.9 Å². The molecular formula is C19H21N3O2S2. The first-order valence-corrected chi connectivity index (χ1v) is 10.5. The lowest BCUT2D eigenvalue weighted by molar-refractivity contribution is -0.122. The summed E-state index contributed by atoms with van der Waals surface area (Å²) >= 11 is 3.24. The summed E-state index contributed by atoms with van der Waals surface area (Å²) in [7, 11) is 0. The number of carbonyl (C=O) groups is 1. The number of hydrogen-bond acceptors (Lipinski definition) is 5. The van der Waals surface area contributed by atoms with E-state index >= 15 is 0 Å². The highest BCUT2D eigenvalue weighted by molar-refractivity contribution is 7.18. The highest BCUT2D eigenvalue weighted by atomic mass is 32.1. The van der Waals surface area contributed by atoms with Crippen molar-refractivity contribution >= 4 is 38.8 Å². The van der Waals surface area contributed by atoms with Gasteiger partial charge in [0.2, 0.25) is 5.91 Å². The maximum absolute atomic E-state index is 12.9. The molecule has 0 saturated heterocycles. The number of carbonyl (C=O) groups excluding carboxylic acids is 1. The van der Waals surface area contributed by atoms with Gasteiger partial charge in [-0.3, -0.25) is 14.2 Å². The van der Waals surface area contributed by atoms with Gasteiger partial charge < -0.3 is 5.32 Å². The average Bonchev–Trinajstić information content (AvgIpc) is 3.24. The van der Waals surface area contributed by atoms with Crippen molar-refractivity contribution < 1.29 is 4.79 Å². The molecule has 4 rings (SSSR count). The van der Waals surface area contributed by atoms with E-state index in [2.05, 4.69) is 17.2 Å². The molecular weight excluding hydrogens is 366 g/mol. The van der Waals surface area contributed by atoms with Crippen molar-refractivity contribution in [2.75, 3.05) is 0 Å². The number of amides is 1. The molecule has 1 aliphatic carbocycles. The van der Waals surface area contributed by atoms with Crippen LogP contribution < -0.4 is 10.9 Å². The van der Waals surface area contributed by atoms with Crippen LogP contribution in [0, 0.1) is 5.92 Å². The molecule has 3 aromatic heterocycles. The second-order valence-corrected chi connectivity index (χ2v) is 9.08. The second kappa shape index (κ2) is 6.96. The number of aromatic nitrogens is 2. The van der Waals surface area contributed by atoms with Crippen molar-refractivity contribution in [3.05, 3.63) is 49.5 Å². The molecule has 0 aromatic carbocycles. The van der Waals surface area contributed by atoms with Crippen LogP contribution >= 0.6 is 22.7 Å². The summed E-state index contributed by atoms with van der Waals surface area (Å²) in [6, 6.07) is 3.89. The van der Waals surface area contributed by atoms with Gasteiger partial charge in [0, 0.05) is 9.75 Å². The maximum Gasteiger partial charge on any atom is 0.262 e. The predicted molar refractivity (Wildman–Crippen MR) is 106 cm³/mol. The SMILES string of the molecule is C[C@@H]1CCc2c(sc3ncn(CC(=O)N[C@H](C)c4cccs4)c(=O)c23)C1. The van der Waals surface area contributed by atoms with Gasteiger partial charge in [0.05, 0.1) is 17.8 Å². The number of hydrogen-bond donors (Lipinski definition) is 1. The molecule has 26 heavy (non-hydrogen) atoms. The third-order valence-electron chi connectivity index (χ3n) is 4.94. The summed E-state index contributed by atoms with van der Waals surface area (Å²) in [6.45, 7) is 4.20. The van der Waals surface area contributed by atoms with Crippen LogP contribution in [-0.4, -0.2) is 15.5 Å². The number of nitrogens with one attached hydrogen (secondary N) is 1. The first-order valence-electron chi connectivity index (χ1n) is 8.85. The van der Waals surface area contributed by atoms with Gasteiger partial charge in [-0.25, -0.2) is 4.98 Å². The lowest BCUT2D eigenvalue weighted by Gasteiger charge is -2.17. The van der Waals surface area contributed by atoms with E-state index in [9.17, 15) is 9.59 Å². The third kappa shape index (κ3) is 3.21. The highest BCUT2D eigenvalue weighted by Crippen LogP contribution is 2.35. The zero-order chi connectivity index (χ0) is 18.3. The van der Waals surface area contributed by atoms with E-state index in [1.165, 1.54) is 15.8 Å². The monoisotopic (exact) mass is 387 g/mol. The van der Waals surface area contributed by atoms with Crippen molar-refractivity contribution in [1.29, 1.82) is 0 Å². The fraction of sp³-hybridized carbons (Fsp3) is 0.421. The number of aryl methyl sites for hydroxylation is 1. The van der Waals surface area contributed by atoms with Crippen LogP contribution in [0.1, 0.15) is 41.6 Å². The molecule has 136 valence electrons. The third-order valence-corrected chi connectivity index (χ3v) is 7.16. The molecule has 7 heteroatoms. The van der Waals surface area contributed by atoms with Crippen molar-refractivity contribution in [1.82, 2.24) is 14.9 Å². The molecule has 0 spiro atoms. The van der Waals surface area contributed by atoms with E-state index in [4.69, 9.17) is 0 Å². The topological polar surface area (TPSA) is 64.0 Å². The molecule has 1 aliphatic rings. The van der Waals surface area contributed by atoms with Crippen molar-refractivity contribution in [2.45, 2.75) is 45.7 Å². The normalized spacial score (nSPS) is 17.8. The van der Waals surface area contributed by atoms with Crippen LogP contribution in [-0.2, 0) is 24.2 Å². The lowest BCUT2D eigenvalue weighted by Crippen LogP contribution is -2.33. The zero-order valence-electron chi connectivity index (χ0n) is 14.8. The predicted octanol–water partition coefficient (Wildman–Crippen LogP) is 3.52. The van der Waals surface area contributed by atoms with Crippen LogP contribution in [0.25, 0.3) is 10.2 Å². The molecule has 0 bridgehead atoms. The molecule has 5 nitrogen and oxygen atoms in total. The largest absolute Gasteiger partial charge is 0.347 e. The molecule has 3 aromatic rings. The number of fused-ring (bicyclic) bond motifs is 3. The van der Waals surface area contributed by atoms with Gasteiger partial charge in [-0.05, 0) is 49.1 Å². The lowest BCUT2D eigenvalue weighted by atomic mass is 9.89. The Hall–Kier alpha value is -1.99. The summed E-state index contributed by atoms with van der Waals surface area (Å²) < 4.78 is 1.43. The van der Waals surface area contributed by atoms with Crippen molar-refractivity contribution in [3.8, 4) is 0 Å². The maximum atomic E-state index is 12.9. The van der Waals surface area contributed by atoms with E-state index in [1.54, 1.807) is 22.7 Å². The van der Waals surface area contributed by atoms with E-state index in [-0.39, 0.29) is 24.1 Å². The van der Waals surface area contributed by atoms with E-state index < -0.39 is 0 Å². The Bertz CT molecular complexity index is 1000. The van der Waals surface area contributed by atoms with Crippen LogP contribution in [0.4, 0.5) is 0 Å². The summed E-state index contributed by atoms with van der Waals surface area (Å²) in [4.78, 5) is 33.0. The van der Waals surface area contributed by atoms with E-state index in [1.807, 2.05) is 24.4 Å². The molecule has 3 heterocycles. The Balaban J connectivity index is 1.58. The van der Waals surface area contributed by atoms with Crippen LogP contribution in [0.3, 0.4) is 0 Å². The summed E-state index contributed by atoms with van der Waals surface area (Å²) in [5.41, 5.74) is 1.06. The van der Waals surface area contributed by atoms with Crippen LogP contribution in [0.2, 0.25) is 0 Å². The Morgan fingerprint density at radius 2 is 2.35 bits per heavy atom. The fourth-order valence-corrected chi connectivity index (χ4v) is 5.60. The Kier molecular flexibility index (Phi) is 4.67. The minimum absolute atomic E-state index is 0.00148. The van der Waals surface area contributed by atoms with Crippen molar-refractivity contribution in [2.24, 2.45) is 5.92 Å². The highest BCUT2D eigenvalue weighted by Gasteiger charge is 2.23. The minimum Gasteiger partial charge on any atom is -0.347 e. The number of thiophene rings is 2. The smallest absolute Gasteiger partial charge is 0.262 e. The van der Waals surface area contributed by atoms with Gasteiger partial charge in [-0.1, -0.05) is 13.0 Å². The van der Waals surface area contributed by atoms with Crippen LogP contribution in [0.15, 0.2) is 28.6 Å². The summed E-state index contributed by atoms with van der Waals surface area (Å²) in [6.07, 6.45) is 4.56. The summed E-state index contributed by atoms with van der Waals surface area (Å²) in [5.74, 6) is 0.481. The molecule has 0 aliphatic heterocycles. The quantitative estimate of drug-likeness (QED) is 0.745. The van der Waals surface area contributed by atoms with Gasteiger partial charge in [0.25, 0.3) is 5.56 Å². The Morgan fingerprint density at radius 3 is 3.12 bits per heavy atom. The molecule has 1 N–H and O–H groups in total. The van der Waals surface area contributed by atoms with Gasteiger partial charge in [0.1, 0.15) is 11.4 Å². The van der Waals surface area contributed by atoms with Crippen molar-refractivity contribution in [3.63, 3.8) is 0 Å². The van der Waals surface area contributed by atoms with Gasteiger partial charge in [0.15, 0.2) is 0 Å². The van der Waals surface area contributed by atoms with Gasteiger partial charge >= 0.3 is 0 Å². The molecule has 0 unspecified atom stereocenters. The molecule has 1 amide bonds. The minimum atomic E-state index is -0.174. The summed E-state index contributed by atoms with van der Waals surface area (Å²) in [5, 5.41) is 5.66. The Labute approximate surface area is 159 Å². The molecule has 2 atom stereocenters. The molecule has 0 fully saturated rings. The number of rotatable bonds is 4. The standard InChI is InChI=1S/C19H21N3O2S2/c1-11-5-6-13-15(8-11)26-18-17(13)19(24)22(10-20-18)9-16(23)21-12(2)14-4-3-7-25-14/h3-4,7,10-12H,5-6,8-9H2,1-2H3,(H,21,23)/t11-,12-/m1/s1. The zero-order valence-corrected chi connectivity index (χ0v) is 16.5. The fourth-order valence-electron chi connectivity index (χ4n) is 3.53. The molecule has 0 saturated carbocycles.